The van der Waals surface area contributed by atoms with Gasteiger partial charge in [-0.05, 0) is 12.8 Å². The molecule has 2 aliphatic rings. The first-order chi connectivity index (χ1) is 10.8. The van der Waals surface area contributed by atoms with Gasteiger partial charge in [0.1, 0.15) is 0 Å². The van der Waals surface area contributed by atoms with Crippen LogP contribution in [0.5, 0.6) is 0 Å². The summed E-state index contributed by atoms with van der Waals surface area (Å²) in [6.45, 7) is 1.56. The molecule has 0 amide bonds. The summed E-state index contributed by atoms with van der Waals surface area (Å²) in [5, 5.41) is 15.9. The third kappa shape index (κ3) is 2.85. The van der Waals surface area contributed by atoms with Crippen molar-refractivity contribution < 1.29 is 9.63 Å². The van der Waals surface area contributed by atoms with Crippen molar-refractivity contribution in [2.75, 3.05) is 26.2 Å². The number of aliphatic hydroxyl groups excluding tert-OH is 1. The second kappa shape index (κ2) is 6.65. The highest BCUT2D eigenvalue weighted by Crippen LogP contribution is 2.36. The van der Waals surface area contributed by atoms with Crippen molar-refractivity contribution >= 4 is 5.57 Å². The van der Waals surface area contributed by atoms with Crippen LogP contribution in [-0.2, 0) is 6.42 Å². The first-order valence-electron chi connectivity index (χ1n) is 7.42. The molecule has 0 spiro atoms. The van der Waals surface area contributed by atoms with Crippen molar-refractivity contribution in [2.24, 2.45) is 5.18 Å². The number of rotatable bonds is 6. The van der Waals surface area contributed by atoms with E-state index >= 15 is 0 Å². The smallest absolute Gasteiger partial charge is 0.229 e. The predicted molar refractivity (Wildman–Crippen MR) is 80.7 cm³/mol. The summed E-state index contributed by atoms with van der Waals surface area (Å²) in [4.78, 5) is 16.9. The van der Waals surface area contributed by atoms with Crippen LogP contribution in [0.15, 0.2) is 39.2 Å². The second-order valence-electron chi connectivity index (χ2n) is 5.19. The molecular weight excluding hydrogens is 284 g/mol. The molecule has 0 saturated carbocycles. The minimum Gasteiger partial charge on any atom is -0.396 e. The number of nitrogens with zero attached hydrogens (tertiary/aromatic N) is 4. The maximum absolute atomic E-state index is 10.4. The first kappa shape index (κ1) is 14.6. The quantitative estimate of drug-likeness (QED) is 0.804. The second-order valence-corrected chi connectivity index (χ2v) is 5.19. The van der Waals surface area contributed by atoms with E-state index in [1.807, 2.05) is 6.08 Å². The van der Waals surface area contributed by atoms with Gasteiger partial charge in [-0.3, -0.25) is 0 Å². The van der Waals surface area contributed by atoms with Gasteiger partial charge < -0.3 is 14.5 Å². The maximum atomic E-state index is 10.4. The zero-order valence-corrected chi connectivity index (χ0v) is 12.2. The molecule has 1 aliphatic heterocycles. The van der Waals surface area contributed by atoms with E-state index in [0.29, 0.717) is 31.2 Å². The fraction of sp³-hybridized carbons (Fsp3) is 0.467. The standard InChI is InChI=1S/C15H18N4O3/c20-10-6-14-17-15(18-22-14)12-5-8-19(9-7-16-21)13-4-2-1-3-11(12)13/h3-5,20H,1-2,6-10H2. The van der Waals surface area contributed by atoms with Gasteiger partial charge in [0.15, 0.2) is 0 Å². The van der Waals surface area contributed by atoms with Crippen molar-refractivity contribution in [1.82, 2.24) is 15.0 Å². The van der Waals surface area contributed by atoms with Gasteiger partial charge in [-0.25, -0.2) is 0 Å². The third-order valence-electron chi connectivity index (χ3n) is 3.77. The highest BCUT2D eigenvalue weighted by molar-refractivity contribution is 5.82. The molecule has 1 aromatic heterocycles. The van der Waals surface area contributed by atoms with Crippen LogP contribution in [0.3, 0.4) is 0 Å². The van der Waals surface area contributed by atoms with Gasteiger partial charge in [0, 0.05) is 29.9 Å². The zero-order valence-electron chi connectivity index (χ0n) is 12.2. The van der Waals surface area contributed by atoms with Crippen molar-refractivity contribution in [3.8, 4) is 0 Å². The number of allylic oxidation sites excluding steroid dienone is 3. The summed E-state index contributed by atoms with van der Waals surface area (Å²) in [5.74, 6) is 0.989. The fourth-order valence-electron chi connectivity index (χ4n) is 2.77. The Morgan fingerprint density at radius 1 is 1.27 bits per heavy atom. The molecule has 116 valence electrons. The van der Waals surface area contributed by atoms with Crippen LogP contribution >= 0.6 is 0 Å². The van der Waals surface area contributed by atoms with Gasteiger partial charge >= 0.3 is 0 Å². The molecule has 0 aromatic carbocycles. The molecule has 1 aromatic rings. The Balaban J connectivity index is 1.88. The normalized spacial score (nSPS) is 17.5. The van der Waals surface area contributed by atoms with E-state index in [1.165, 1.54) is 0 Å². The summed E-state index contributed by atoms with van der Waals surface area (Å²) in [7, 11) is 0. The number of nitroso groups, excluding NO2 is 1. The Bertz CT molecular complexity index is 645. The van der Waals surface area contributed by atoms with Crippen molar-refractivity contribution in [2.45, 2.75) is 19.3 Å². The van der Waals surface area contributed by atoms with E-state index in [2.05, 4.69) is 32.4 Å². The Morgan fingerprint density at radius 3 is 2.95 bits per heavy atom. The molecule has 0 bridgehead atoms. The molecule has 1 aliphatic carbocycles. The van der Waals surface area contributed by atoms with Crippen molar-refractivity contribution in [3.05, 3.63) is 46.1 Å². The summed E-state index contributed by atoms with van der Waals surface area (Å²) in [6.07, 6.45) is 8.72. The summed E-state index contributed by atoms with van der Waals surface area (Å²) < 4.78 is 5.15. The number of hydrogen-bond acceptors (Lipinski definition) is 7. The van der Waals surface area contributed by atoms with E-state index in [4.69, 9.17) is 9.63 Å². The number of hydrogen-bond donors (Lipinski definition) is 1. The summed E-state index contributed by atoms with van der Waals surface area (Å²) in [5.41, 5.74) is 3.15. The Hall–Kier alpha value is -2.28. The molecule has 7 heteroatoms. The van der Waals surface area contributed by atoms with Crippen LogP contribution < -0.4 is 0 Å². The first-order valence-corrected chi connectivity index (χ1v) is 7.42. The highest BCUT2D eigenvalue weighted by Gasteiger charge is 2.26. The van der Waals surface area contributed by atoms with Crippen LogP contribution in [-0.4, -0.2) is 46.4 Å². The van der Waals surface area contributed by atoms with E-state index in [1.54, 1.807) is 0 Å². The monoisotopic (exact) mass is 302 g/mol. The Kier molecular flexibility index (Phi) is 4.43. The Labute approximate surface area is 128 Å². The lowest BCUT2D eigenvalue weighted by Gasteiger charge is -2.33. The van der Waals surface area contributed by atoms with Crippen LogP contribution in [0.2, 0.25) is 0 Å². The van der Waals surface area contributed by atoms with Gasteiger partial charge in [-0.2, -0.15) is 9.89 Å². The molecule has 2 heterocycles. The van der Waals surface area contributed by atoms with Crippen LogP contribution in [0.4, 0.5) is 0 Å². The molecule has 7 nitrogen and oxygen atoms in total. The fourth-order valence-corrected chi connectivity index (χ4v) is 2.77. The average molecular weight is 302 g/mol. The van der Waals surface area contributed by atoms with Gasteiger partial charge in [0.05, 0.1) is 19.6 Å². The van der Waals surface area contributed by atoms with Crippen LogP contribution in [0.1, 0.15) is 24.6 Å². The third-order valence-corrected chi connectivity index (χ3v) is 3.77. The number of aliphatic hydroxyl groups is 1. The lowest BCUT2D eigenvalue weighted by Crippen LogP contribution is -2.31. The summed E-state index contributed by atoms with van der Waals surface area (Å²) in [6, 6.07) is 0. The van der Waals surface area contributed by atoms with Crippen molar-refractivity contribution in [1.29, 1.82) is 0 Å². The largest absolute Gasteiger partial charge is 0.396 e. The van der Waals surface area contributed by atoms with Gasteiger partial charge in [-0.1, -0.05) is 28.6 Å². The average Bonchev–Trinajstić information content (AvgIpc) is 3.01. The molecule has 0 atom stereocenters. The zero-order chi connectivity index (χ0) is 15.4. The SMILES string of the molecule is O=NCCN1CC=C(c2noc(CCO)n2)C2=CCCC=C21. The molecule has 0 saturated heterocycles. The molecule has 0 fully saturated rings. The lowest BCUT2D eigenvalue weighted by molar-refractivity contribution is 0.274. The molecular formula is C15H18N4O3. The minimum atomic E-state index is -0.0129. The molecule has 3 rings (SSSR count). The molecule has 22 heavy (non-hydrogen) atoms. The van der Waals surface area contributed by atoms with Gasteiger partial charge in [-0.15, -0.1) is 0 Å². The highest BCUT2D eigenvalue weighted by atomic mass is 16.5. The maximum Gasteiger partial charge on any atom is 0.229 e. The van der Waals surface area contributed by atoms with Gasteiger partial charge in [0.25, 0.3) is 0 Å². The lowest BCUT2D eigenvalue weighted by atomic mass is 9.91. The summed E-state index contributed by atoms with van der Waals surface area (Å²) >= 11 is 0. The van der Waals surface area contributed by atoms with Crippen LogP contribution in [0, 0.1) is 4.91 Å². The topological polar surface area (TPSA) is 91.8 Å². The number of aromatic nitrogens is 2. The van der Waals surface area contributed by atoms with Crippen LogP contribution in [0.25, 0.3) is 5.57 Å². The van der Waals surface area contributed by atoms with Gasteiger partial charge in [0.2, 0.25) is 11.7 Å². The Morgan fingerprint density at radius 2 is 2.14 bits per heavy atom. The minimum absolute atomic E-state index is 0.0129. The predicted octanol–water partition coefficient (Wildman–Crippen LogP) is 1.67. The van der Waals surface area contributed by atoms with E-state index < -0.39 is 0 Å². The van der Waals surface area contributed by atoms with Crippen molar-refractivity contribution in [3.63, 3.8) is 0 Å². The molecule has 1 N–H and O–H groups in total. The number of fused-ring (bicyclic) bond motifs is 1. The van der Waals surface area contributed by atoms with E-state index in [-0.39, 0.29) is 13.2 Å². The van der Waals surface area contributed by atoms with E-state index in [9.17, 15) is 4.91 Å². The molecule has 0 unspecified atom stereocenters. The van der Waals surface area contributed by atoms with E-state index in [0.717, 1.165) is 29.7 Å². The molecule has 0 radical (unpaired) electrons.